The lowest BCUT2D eigenvalue weighted by molar-refractivity contribution is -0.126. The third-order valence-electron chi connectivity index (χ3n) is 4.17. The summed E-state index contributed by atoms with van der Waals surface area (Å²) in [6, 6.07) is 5.33. The van der Waals surface area contributed by atoms with Crippen molar-refractivity contribution < 1.29 is 22.7 Å². The van der Waals surface area contributed by atoms with Gasteiger partial charge < -0.3 is 4.74 Å². The van der Waals surface area contributed by atoms with Gasteiger partial charge in [0, 0.05) is 25.6 Å². The first-order valence-electron chi connectivity index (χ1n) is 7.33. The van der Waals surface area contributed by atoms with Gasteiger partial charge in [-0.1, -0.05) is 12.1 Å². The van der Waals surface area contributed by atoms with Crippen molar-refractivity contribution >= 4 is 22.0 Å². The molecule has 0 atom stereocenters. The summed E-state index contributed by atoms with van der Waals surface area (Å²) in [6.45, 7) is 4.19. The Balaban J connectivity index is 1.67. The normalized spacial score (nSPS) is 19.8. The van der Waals surface area contributed by atoms with Gasteiger partial charge in [0.15, 0.2) is 6.61 Å². The van der Waals surface area contributed by atoms with E-state index in [1.165, 1.54) is 4.31 Å². The Hall–Kier alpha value is -1.93. The Bertz CT molecular complexity index is 752. The molecule has 0 aliphatic carbocycles. The summed E-state index contributed by atoms with van der Waals surface area (Å²) >= 11 is 0. The minimum atomic E-state index is -3.54. The molecule has 0 N–H and O–H groups in total. The highest BCUT2D eigenvalue weighted by Crippen LogP contribution is 2.28. The summed E-state index contributed by atoms with van der Waals surface area (Å²) in [5, 5.41) is 0. The quantitative estimate of drug-likeness (QED) is 0.814. The number of carbonyl (C=O) groups excluding carboxylic acids is 2. The Morgan fingerprint density at radius 1 is 1.22 bits per heavy atom. The number of cyclic esters (lactones) is 1. The standard InChI is InChI=1S/C15H18N2O5S/c1-10-3-4-11(2)13(5-10)23(20,21)16-6-12(7-16)8-17-14(18)9-22-15(17)19/h3-5,12H,6-9H2,1-2H3. The molecule has 0 spiro atoms. The van der Waals surface area contributed by atoms with Crippen molar-refractivity contribution in [3.05, 3.63) is 29.3 Å². The minimum absolute atomic E-state index is 0.0514. The van der Waals surface area contributed by atoms with Crippen LogP contribution in [0.3, 0.4) is 0 Å². The number of aryl methyl sites for hydroxylation is 2. The Labute approximate surface area is 134 Å². The molecule has 2 aliphatic rings. The smallest absolute Gasteiger partial charge is 0.417 e. The molecule has 2 amide bonds. The van der Waals surface area contributed by atoms with Gasteiger partial charge in [-0.25, -0.2) is 18.1 Å². The van der Waals surface area contributed by atoms with Crippen molar-refractivity contribution in [2.45, 2.75) is 18.7 Å². The third kappa shape index (κ3) is 2.84. The first kappa shape index (κ1) is 15.9. The van der Waals surface area contributed by atoms with E-state index in [1.807, 2.05) is 13.0 Å². The fourth-order valence-corrected chi connectivity index (χ4v) is 4.68. The predicted molar refractivity (Wildman–Crippen MR) is 81.2 cm³/mol. The largest absolute Gasteiger partial charge is 0.439 e. The van der Waals surface area contributed by atoms with Crippen LogP contribution in [0.5, 0.6) is 0 Å². The SMILES string of the molecule is Cc1ccc(C)c(S(=O)(=O)N2CC(CN3C(=O)COC3=O)C2)c1. The highest BCUT2D eigenvalue weighted by molar-refractivity contribution is 7.89. The van der Waals surface area contributed by atoms with Gasteiger partial charge in [-0.05, 0) is 31.0 Å². The van der Waals surface area contributed by atoms with E-state index in [0.717, 1.165) is 10.5 Å². The second kappa shape index (κ2) is 5.61. The molecule has 3 rings (SSSR count). The van der Waals surface area contributed by atoms with Crippen molar-refractivity contribution in [3.8, 4) is 0 Å². The number of nitrogens with zero attached hydrogens (tertiary/aromatic N) is 2. The van der Waals surface area contributed by atoms with Crippen LogP contribution in [0.4, 0.5) is 4.79 Å². The van der Waals surface area contributed by atoms with Gasteiger partial charge in [0.1, 0.15) is 0 Å². The molecule has 1 aromatic rings. The number of benzene rings is 1. The Morgan fingerprint density at radius 2 is 1.91 bits per heavy atom. The molecule has 1 aromatic carbocycles. The van der Waals surface area contributed by atoms with Gasteiger partial charge >= 0.3 is 6.09 Å². The van der Waals surface area contributed by atoms with Gasteiger partial charge in [0.2, 0.25) is 10.0 Å². The molecular formula is C15H18N2O5S. The number of imide groups is 1. The highest BCUT2D eigenvalue weighted by Gasteiger charge is 2.41. The van der Waals surface area contributed by atoms with Crippen LogP contribution in [0.15, 0.2) is 23.1 Å². The molecule has 0 bridgehead atoms. The van der Waals surface area contributed by atoms with Crippen LogP contribution in [-0.4, -0.2) is 55.9 Å². The second-order valence-electron chi connectivity index (χ2n) is 6.02. The second-order valence-corrected chi connectivity index (χ2v) is 7.92. The van der Waals surface area contributed by atoms with Gasteiger partial charge in [0.05, 0.1) is 4.90 Å². The van der Waals surface area contributed by atoms with Crippen LogP contribution >= 0.6 is 0 Å². The van der Waals surface area contributed by atoms with Crippen LogP contribution in [0.1, 0.15) is 11.1 Å². The fourth-order valence-electron chi connectivity index (χ4n) is 2.77. The number of hydrogen-bond donors (Lipinski definition) is 0. The van der Waals surface area contributed by atoms with Crippen molar-refractivity contribution in [1.82, 2.24) is 9.21 Å². The first-order chi connectivity index (χ1) is 10.8. The number of carbonyl (C=O) groups is 2. The van der Waals surface area contributed by atoms with Gasteiger partial charge in [-0.3, -0.25) is 4.79 Å². The van der Waals surface area contributed by atoms with Crippen LogP contribution in [0, 0.1) is 19.8 Å². The van der Waals surface area contributed by atoms with E-state index in [1.54, 1.807) is 19.1 Å². The molecule has 23 heavy (non-hydrogen) atoms. The molecule has 8 heteroatoms. The topological polar surface area (TPSA) is 84.0 Å². The molecule has 0 saturated carbocycles. The van der Waals surface area contributed by atoms with E-state index in [9.17, 15) is 18.0 Å². The average Bonchev–Trinajstić information content (AvgIpc) is 2.75. The summed E-state index contributed by atoms with van der Waals surface area (Å²) in [4.78, 5) is 24.2. The molecule has 124 valence electrons. The number of rotatable bonds is 4. The zero-order valence-electron chi connectivity index (χ0n) is 13.0. The zero-order valence-corrected chi connectivity index (χ0v) is 13.8. The zero-order chi connectivity index (χ0) is 16.8. The lowest BCUT2D eigenvalue weighted by Gasteiger charge is -2.39. The van der Waals surface area contributed by atoms with Crippen molar-refractivity contribution in [3.63, 3.8) is 0 Å². The monoisotopic (exact) mass is 338 g/mol. The predicted octanol–water partition coefficient (Wildman–Crippen LogP) is 0.903. The summed E-state index contributed by atoms with van der Waals surface area (Å²) < 4.78 is 31.3. The number of ether oxygens (including phenoxy) is 1. The molecule has 2 heterocycles. The highest BCUT2D eigenvalue weighted by atomic mass is 32.2. The van der Waals surface area contributed by atoms with E-state index in [2.05, 4.69) is 4.74 Å². The van der Waals surface area contributed by atoms with Crippen LogP contribution in [0.2, 0.25) is 0 Å². The average molecular weight is 338 g/mol. The van der Waals surface area contributed by atoms with E-state index >= 15 is 0 Å². The minimum Gasteiger partial charge on any atom is -0.439 e. The summed E-state index contributed by atoms with van der Waals surface area (Å²) in [7, 11) is -3.54. The molecule has 2 aliphatic heterocycles. The van der Waals surface area contributed by atoms with Crippen molar-refractivity contribution in [2.24, 2.45) is 5.92 Å². The van der Waals surface area contributed by atoms with Crippen LogP contribution < -0.4 is 0 Å². The van der Waals surface area contributed by atoms with Gasteiger partial charge in [-0.2, -0.15) is 4.31 Å². The van der Waals surface area contributed by atoms with Crippen LogP contribution in [-0.2, 0) is 19.6 Å². The molecule has 0 aromatic heterocycles. The van der Waals surface area contributed by atoms with E-state index in [0.29, 0.717) is 23.5 Å². The van der Waals surface area contributed by atoms with Gasteiger partial charge in [0.25, 0.3) is 5.91 Å². The van der Waals surface area contributed by atoms with Gasteiger partial charge in [-0.15, -0.1) is 0 Å². The molecule has 0 unspecified atom stereocenters. The lowest BCUT2D eigenvalue weighted by Crippen LogP contribution is -2.54. The van der Waals surface area contributed by atoms with Crippen molar-refractivity contribution in [1.29, 1.82) is 0 Å². The Kier molecular flexibility index (Phi) is 3.89. The lowest BCUT2D eigenvalue weighted by atomic mass is 10.0. The van der Waals surface area contributed by atoms with E-state index in [4.69, 9.17) is 0 Å². The van der Waals surface area contributed by atoms with Crippen LogP contribution in [0.25, 0.3) is 0 Å². The molecular weight excluding hydrogens is 320 g/mol. The maximum atomic E-state index is 12.7. The summed E-state index contributed by atoms with van der Waals surface area (Å²) in [5.41, 5.74) is 1.59. The molecule has 2 saturated heterocycles. The Morgan fingerprint density at radius 3 is 2.52 bits per heavy atom. The summed E-state index contributed by atoms with van der Waals surface area (Å²) in [6.07, 6.45) is -0.647. The fraction of sp³-hybridized carbons (Fsp3) is 0.467. The summed E-state index contributed by atoms with van der Waals surface area (Å²) in [5.74, 6) is -0.421. The number of hydrogen-bond acceptors (Lipinski definition) is 5. The van der Waals surface area contributed by atoms with E-state index < -0.39 is 16.1 Å². The number of amides is 2. The van der Waals surface area contributed by atoms with Crippen molar-refractivity contribution in [2.75, 3.05) is 26.2 Å². The van der Waals surface area contributed by atoms with E-state index in [-0.39, 0.29) is 25.0 Å². The molecule has 7 nitrogen and oxygen atoms in total. The third-order valence-corrected chi connectivity index (χ3v) is 6.14. The molecule has 0 radical (unpaired) electrons. The first-order valence-corrected chi connectivity index (χ1v) is 8.77. The molecule has 2 fully saturated rings. The number of sulfonamides is 1. The maximum Gasteiger partial charge on any atom is 0.417 e. The maximum absolute atomic E-state index is 12.7.